The molecular formula is CH9AlMnSi. The molecule has 0 spiro atoms. The minimum absolute atomic E-state index is 0. The summed E-state index contributed by atoms with van der Waals surface area (Å²) in [5.74, 6) is 0. The Hall–Kier alpha value is 1.27. The van der Waals surface area contributed by atoms with E-state index in [0.29, 0.717) is 0 Å². The molecule has 3 heteroatoms. The van der Waals surface area contributed by atoms with Gasteiger partial charge in [-0.3, -0.25) is 0 Å². The Morgan fingerprint density at radius 1 is 1.25 bits per heavy atom. The molecule has 0 aliphatic heterocycles. The van der Waals surface area contributed by atoms with Crippen LogP contribution in [0, 0.1) is 0 Å². The van der Waals surface area contributed by atoms with Crippen LogP contribution in [-0.4, -0.2) is 24.4 Å². The van der Waals surface area contributed by atoms with Crippen LogP contribution in [0.2, 0.25) is 0 Å². The van der Waals surface area contributed by atoms with Crippen molar-refractivity contribution in [3.8, 4) is 0 Å². The Labute approximate surface area is 49.1 Å². The molecule has 0 aliphatic carbocycles. The van der Waals surface area contributed by atoms with E-state index in [1.165, 1.54) is 24.4 Å². The monoisotopic (exact) mass is 131 g/mol. The van der Waals surface area contributed by atoms with Crippen LogP contribution in [0.4, 0.5) is 0 Å². The Bertz CT molecular complexity index is 8.00. The van der Waals surface area contributed by atoms with Crippen molar-refractivity contribution in [2.24, 2.45) is 0 Å². The maximum Gasteiger partial charge on any atom is 0.193 e. The summed E-state index contributed by atoms with van der Waals surface area (Å²) in [6, 6.07) is 0. The molecule has 1 radical (unpaired) electrons. The van der Waals surface area contributed by atoms with E-state index in [1.54, 1.807) is 0 Å². The molecule has 0 rings (SSSR count). The van der Waals surface area contributed by atoms with Crippen molar-refractivity contribution < 1.29 is 17.1 Å². The van der Waals surface area contributed by atoms with Gasteiger partial charge in [-0.15, -0.1) is 0 Å². The van der Waals surface area contributed by atoms with Crippen LogP contribution < -0.4 is 0 Å². The molecule has 0 N–H and O–H groups in total. The van der Waals surface area contributed by atoms with Crippen molar-refractivity contribution in [1.29, 1.82) is 0 Å². The van der Waals surface area contributed by atoms with E-state index in [-0.39, 0.29) is 24.5 Å². The molecule has 0 saturated heterocycles. The topological polar surface area (TPSA) is 0 Å². The first-order valence-electron chi connectivity index (χ1n) is 1.00. The molecule has 0 nitrogen and oxygen atoms in total. The fraction of sp³-hybridized carbons (Fsp3) is 1.00. The Balaban J connectivity index is -0.00000000500. The van der Waals surface area contributed by atoms with Crippen molar-refractivity contribution in [2.75, 3.05) is 0 Å². The molecule has 0 aromatic carbocycles. The number of hydrogen-bond donors (Lipinski definition) is 0. The van der Waals surface area contributed by atoms with E-state index >= 15 is 0 Å². The molecule has 0 bridgehead atoms. The molecule has 0 aromatic heterocycles. The van der Waals surface area contributed by atoms with Gasteiger partial charge in [0.2, 0.25) is 0 Å². The third-order valence-electron chi connectivity index (χ3n) is 0. The summed E-state index contributed by atoms with van der Waals surface area (Å²) in [4.78, 5) is 0. The summed E-state index contributed by atoms with van der Waals surface area (Å²) in [7, 11) is 1.44. The second-order valence-corrected chi connectivity index (χ2v) is 0. The van der Waals surface area contributed by atoms with Crippen LogP contribution in [0.25, 0.3) is 0 Å². The molecule has 4 heavy (non-hydrogen) atoms. The van der Waals surface area contributed by atoms with Gasteiger partial charge in [0.25, 0.3) is 0 Å². The van der Waals surface area contributed by atoms with Crippen LogP contribution in [-0.2, 0) is 17.1 Å². The zero-order chi connectivity index (χ0) is 2.00. The predicted molar refractivity (Wildman–Crippen MR) is 25.2 cm³/mol. The summed E-state index contributed by atoms with van der Waals surface area (Å²) in [6.45, 7) is 0. The average Bonchev–Trinajstić information content (AvgIpc) is 1.00. The Kier molecular flexibility index (Phi) is 132. The molecule has 0 amide bonds. The fourth-order valence-electron chi connectivity index (χ4n) is 0. The molecule has 0 atom stereocenters. The largest absolute Gasteiger partial charge is 0.193 e. The first-order valence-corrected chi connectivity index (χ1v) is 9.00. The number of rotatable bonds is 0. The maximum atomic E-state index is 1.44. The zero-order valence-electron chi connectivity index (χ0n) is 2.38. The second-order valence-electron chi connectivity index (χ2n) is 0. The summed E-state index contributed by atoms with van der Waals surface area (Å²) < 4.78 is 0. The smallest absolute Gasteiger partial charge is 0.0776 e. The maximum absolute atomic E-state index is 1.44. The van der Waals surface area contributed by atoms with Gasteiger partial charge in [-0.1, -0.05) is 16.2 Å². The van der Waals surface area contributed by atoms with Gasteiger partial charge in [0, 0.05) is 17.1 Å². The van der Waals surface area contributed by atoms with Crippen molar-refractivity contribution >= 4 is 24.4 Å². The molecular weight excluding hydrogens is 122 g/mol. The van der Waals surface area contributed by atoms with E-state index in [4.69, 9.17) is 0 Å². The molecule has 0 fully saturated rings. The van der Waals surface area contributed by atoms with Crippen molar-refractivity contribution in [3.05, 3.63) is 0 Å². The summed E-state index contributed by atoms with van der Waals surface area (Å²) >= 11 is 1.44. The second kappa shape index (κ2) is 28.3. The van der Waals surface area contributed by atoms with E-state index in [9.17, 15) is 0 Å². The van der Waals surface area contributed by atoms with Gasteiger partial charge in [-0.2, -0.15) is 0 Å². The molecule has 0 saturated carbocycles. The fourth-order valence-corrected chi connectivity index (χ4v) is 0. The molecule has 0 aromatic rings. The first-order chi connectivity index (χ1) is 1.00. The Morgan fingerprint density at radius 3 is 1.25 bits per heavy atom. The van der Waals surface area contributed by atoms with E-state index < -0.39 is 0 Å². The quantitative estimate of drug-likeness (QED) is 0.352. The molecule has 0 unspecified atom stereocenters. The van der Waals surface area contributed by atoms with Crippen molar-refractivity contribution in [2.45, 2.75) is 7.43 Å². The van der Waals surface area contributed by atoms with Crippen molar-refractivity contribution in [3.63, 3.8) is 0 Å². The first kappa shape index (κ1) is 18.7. The predicted octanol–water partition coefficient (Wildman–Crippen LogP) is -1.47. The van der Waals surface area contributed by atoms with Crippen LogP contribution in [0.1, 0.15) is 7.43 Å². The van der Waals surface area contributed by atoms with Gasteiger partial charge in [-0.25, -0.2) is 0 Å². The van der Waals surface area contributed by atoms with Crippen LogP contribution >= 0.6 is 0 Å². The van der Waals surface area contributed by atoms with Gasteiger partial charge in [0.1, 0.15) is 0 Å². The summed E-state index contributed by atoms with van der Waals surface area (Å²) in [6.07, 6.45) is 0. The third kappa shape index (κ3) is 10.5. The van der Waals surface area contributed by atoms with Crippen molar-refractivity contribution in [1.82, 2.24) is 0 Å². The van der Waals surface area contributed by atoms with Crippen LogP contribution in [0.3, 0.4) is 0 Å². The minimum atomic E-state index is 0. The van der Waals surface area contributed by atoms with Gasteiger partial charge >= 0.3 is 0 Å². The van der Waals surface area contributed by atoms with Gasteiger partial charge in [0.05, 0.1) is 0 Å². The normalized spacial score (nSPS) is 2.00. The standard InChI is InChI=1S/CH4.Al.Mn.H3Si.2H/h1H4;;;1H3;;. The molecule has 0 aliphatic rings. The molecule has 27 valence electrons. The third-order valence-corrected chi connectivity index (χ3v) is 0. The van der Waals surface area contributed by atoms with E-state index in [2.05, 4.69) is 0 Å². The van der Waals surface area contributed by atoms with Crippen LogP contribution in [0.5, 0.6) is 0 Å². The zero-order valence-corrected chi connectivity index (χ0v) is 7.56. The van der Waals surface area contributed by atoms with Gasteiger partial charge in [-0.05, 0) is 0 Å². The SMILES string of the molecule is C.[AlH2][SiH3].[Mn]. The molecule has 0 heterocycles. The van der Waals surface area contributed by atoms with Gasteiger partial charge < -0.3 is 0 Å². The number of hydrogen-bond acceptors (Lipinski definition) is 0. The summed E-state index contributed by atoms with van der Waals surface area (Å²) in [5, 5.41) is 0. The minimum Gasteiger partial charge on any atom is -0.0776 e. The average molecular weight is 131 g/mol. The summed E-state index contributed by atoms with van der Waals surface area (Å²) in [5.41, 5.74) is 0. The Morgan fingerprint density at radius 2 is 1.25 bits per heavy atom. The van der Waals surface area contributed by atoms with Crippen LogP contribution in [0.15, 0.2) is 0 Å². The van der Waals surface area contributed by atoms with E-state index in [0.717, 1.165) is 0 Å². The van der Waals surface area contributed by atoms with E-state index in [1.807, 2.05) is 0 Å². The van der Waals surface area contributed by atoms with Gasteiger partial charge in [0.15, 0.2) is 15.6 Å².